The van der Waals surface area contributed by atoms with Crippen LogP contribution in [0, 0.1) is 17.2 Å². The van der Waals surface area contributed by atoms with Crippen LogP contribution in [0.3, 0.4) is 0 Å². The summed E-state index contributed by atoms with van der Waals surface area (Å²) in [5.74, 6) is 5.35. The summed E-state index contributed by atoms with van der Waals surface area (Å²) in [7, 11) is 0. The van der Waals surface area contributed by atoms with Crippen molar-refractivity contribution in [1.82, 2.24) is 10.3 Å². The van der Waals surface area contributed by atoms with Crippen molar-refractivity contribution < 1.29 is 4.79 Å². The van der Waals surface area contributed by atoms with E-state index in [2.05, 4.69) is 30.2 Å². The van der Waals surface area contributed by atoms with Crippen LogP contribution in [0.1, 0.15) is 36.2 Å². The molecule has 0 heterocycles. The first-order chi connectivity index (χ1) is 9.56. The Balaban J connectivity index is 2.68. The van der Waals surface area contributed by atoms with Crippen molar-refractivity contribution in [3.63, 3.8) is 0 Å². The fraction of sp³-hybridized carbons (Fsp3) is 0.467. The molecule has 0 saturated heterocycles. The van der Waals surface area contributed by atoms with Gasteiger partial charge in [-0.3, -0.25) is 15.1 Å². The minimum atomic E-state index is -0.292. The molecule has 1 aromatic rings. The SMILES string of the molecule is CC(C)CN(CCC#N)Cc1ccc(C(=O)NN)cc1. The Labute approximate surface area is 120 Å². The molecule has 1 rings (SSSR count). The van der Waals surface area contributed by atoms with Crippen molar-refractivity contribution in [3.8, 4) is 6.07 Å². The number of hydrogen-bond acceptors (Lipinski definition) is 4. The van der Waals surface area contributed by atoms with Crippen LogP contribution in [-0.4, -0.2) is 23.9 Å². The molecule has 108 valence electrons. The molecule has 0 aliphatic heterocycles. The number of carbonyl (C=O) groups excluding carboxylic acids is 1. The topological polar surface area (TPSA) is 82.2 Å². The van der Waals surface area contributed by atoms with Crippen LogP contribution in [-0.2, 0) is 6.54 Å². The molecule has 1 amide bonds. The van der Waals surface area contributed by atoms with Crippen molar-refractivity contribution in [1.29, 1.82) is 5.26 Å². The highest BCUT2D eigenvalue weighted by Crippen LogP contribution is 2.10. The van der Waals surface area contributed by atoms with E-state index < -0.39 is 0 Å². The molecule has 0 unspecified atom stereocenters. The first-order valence-corrected chi connectivity index (χ1v) is 6.76. The summed E-state index contributed by atoms with van der Waals surface area (Å²) < 4.78 is 0. The molecule has 5 heteroatoms. The van der Waals surface area contributed by atoms with Crippen molar-refractivity contribution >= 4 is 5.91 Å². The van der Waals surface area contributed by atoms with E-state index in [4.69, 9.17) is 11.1 Å². The van der Waals surface area contributed by atoms with Crippen LogP contribution in [0.5, 0.6) is 0 Å². The maximum Gasteiger partial charge on any atom is 0.265 e. The minimum Gasteiger partial charge on any atom is -0.298 e. The predicted octanol–water partition coefficient (Wildman–Crippen LogP) is 1.66. The van der Waals surface area contributed by atoms with Crippen LogP contribution >= 0.6 is 0 Å². The molecule has 0 spiro atoms. The van der Waals surface area contributed by atoms with E-state index >= 15 is 0 Å². The summed E-state index contributed by atoms with van der Waals surface area (Å²) in [5, 5.41) is 8.71. The number of amides is 1. The first kappa shape index (κ1) is 16.2. The highest BCUT2D eigenvalue weighted by Gasteiger charge is 2.09. The van der Waals surface area contributed by atoms with Crippen LogP contribution in [0.4, 0.5) is 0 Å². The Morgan fingerprint density at radius 3 is 2.55 bits per heavy atom. The molecular weight excluding hydrogens is 252 g/mol. The number of hydrogen-bond donors (Lipinski definition) is 2. The van der Waals surface area contributed by atoms with Crippen LogP contribution in [0.15, 0.2) is 24.3 Å². The average Bonchev–Trinajstić information content (AvgIpc) is 2.44. The maximum atomic E-state index is 11.4. The van der Waals surface area contributed by atoms with Crippen LogP contribution in [0.2, 0.25) is 0 Å². The molecule has 0 fully saturated rings. The number of rotatable bonds is 7. The lowest BCUT2D eigenvalue weighted by molar-refractivity contribution is 0.0953. The Hall–Kier alpha value is -1.90. The number of hydrazine groups is 1. The van der Waals surface area contributed by atoms with Gasteiger partial charge in [0.1, 0.15) is 0 Å². The van der Waals surface area contributed by atoms with Gasteiger partial charge in [0.15, 0.2) is 0 Å². The van der Waals surface area contributed by atoms with E-state index in [1.165, 1.54) is 0 Å². The highest BCUT2D eigenvalue weighted by atomic mass is 16.2. The average molecular weight is 274 g/mol. The van der Waals surface area contributed by atoms with Crippen LogP contribution < -0.4 is 11.3 Å². The van der Waals surface area contributed by atoms with Gasteiger partial charge in [-0.25, -0.2) is 5.84 Å². The molecule has 0 atom stereocenters. The minimum absolute atomic E-state index is 0.292. The summed E-state index contributed by atoms with van der Waals surface area (Å²) in [6.45, 7) is 6.82. The molecule has 3 N–H and O–H groups in total. The number of nitriles is 1. The number of carbonyl (C=O) groups is 1. The lowest BCUT2D eigenvalue weighted by Gasteiger charge is -2.23. The maximum absolute atomic E-state index is 11.4. The number of nitrogen functional groups attached to an aromatic ring is 1. The standard InChI is InChI=1S/C15H22N4O/c1-12(2)10-19(9-3-8-16)11-13-4-6-14(7-5-13)15(20)18-17/h4-7,12H,3,9-11,17H2,1-2H3,(H,18,20). The quantitative estimate of drug-likeness (QED) is 0.450. The summed E-state index contributed by atoms with van der Waals surface area (Å²) >= 11 is 0. The Kier molecular flexibility index (Phi) is 6.71. The molecule has 5 nitrogen and oxygen atoms in total. The molecule has 0 bridgehead atoms. The molecule has 1 aromatic carbocycles. The van der Waals surface area contributed by atoms with E-state index in [1.807, 2.05) is 12.1 Å². The highest BCUT2D eigenvalue weighted by molar-refractivity contribution is 5.93. The Morgan fingerprint density at radius 1 is 1.40 bits per heavy atom. The third-order valence-corrected chi connectivity index (χ3v) is 2.92. The van der Waals surface area contributed by atoms with Gasteiger partial charge in [-0.05, 0) is 23.6 Å². The molecule has 0 aromatic heterocycles. The first-order valence-electron chi connectivity index (χ1n) is 6.76. The van der Waals surface area contributed by atoms with Crippen LogP contribution in [0.25, 0.3) is 0 Å². The summed E-state index contributed by atoms with van der Waals surface area (Å²) in [4.78, 5) is 13.6. The zero-order valence-corrected chi connectivity index (χ0v) is 12.1. The smallest absolute Gasteiger partial charge is 0.265 e. The van der Waals surface area contributed by atoms with Crippen molar-refractivity contribution in [2.24, 2.45) is 11.8 Å². The fourth-order valence-corrected chi connectivity index (χ4v) is 2.06. The van der Waals surface area contributed by atoms with E-state index in [0.717, 1.165) is 25.2 Å². The van der Waals surface area contributed by atoms with Gasteiger partial charge >= 0.3 is 0 Å². The van der Waals surface area contributed by atoms with Gasteiger partial charge in [0.05, 0.1) is 6.07 Å². The van der Waals surface area contributed by atoms with E-state index in [9.17, 15) is 4.79 Å². The predicted molar refractivity (Wildman–Crippen MR) is 78.4 cm³/mol. The molecule has 0 aliphatic carbocycles. The Bertz CT molecular complexity index is 462. The number of nitrogens with zero attached hydrogens (tertiary/aromatic N) is 2. The van der Waals surface area contributed by atoms with Gasteiger partial charge in [-0.1, -0.05) is 26.0 Å². The van der Waals surface area contributed by atoms with Gasteiger partial charge in [0.2, 0.25) is 0 Å². The Morgan fingerprint density at radius 2 is 2.05 bits per heavy atom. The van der Waals surface area contributed by atoms with E-state index in [-0.39, 0.29) is 5.91 Å². The second-order valence-electron chi connectivity index (χ2n) is 5.21. The lowest BCUT2D eigenvalue weighted by Crippen LogP contribution is -2.30. The van der Waals surface area contributed by atoms with Crippen molar-refractivity contribution in [2.75, 3.05) is 13.1 Å². The van der Waals surface area contributed by atoms with Gasteiger partial charge in [-0.15, -0.1) is 0 Å². The molecule has 0 radical (unpaired) electrons. The van der Waals surface area contributed by atoms with Crippen molar-refractivity contribution in [3.05, 3.63) is 35.4 Å². The molecule has 20 heavy (non-hydrogen) atoms. The van der Waals surface area contributed by atoms with Gasteiger partial charge in [0, 0.05) is 31.6 Å². The van der Waals surface area contributed by atoms with Gasteiger partial charge in [0.25, 0.3) is 5.91 Å². The zero-order chi connectivity index (χ0) is 15.0. The summed E-state index contributed by atoms with van der Waals surface area (Å²) in [6.07, 6.45) is 0.528. The molecular formula is C15H22N4O. The summed E-state index contributed by atoms with van der Waals surface area (Å²) in [6, 6.07) is 9.54. The molecule has 0 saturated carbocycles. The van der Waals surface area contributed by atoms with E-state index in [0.29, 0.717) is 17.9 Å². The normalized spacial score (nSPS) is 10.6. The van der Waals surface area contributed by atoms with Crippen molar-refractivity contribution in [2.45, 2.75) is 26.8 Å². The summed E-state index contributed by atoms with van der Waals surface area (Å²) in [5.41, 5.74) is 3.78. The van der Waals surface area contributed by atoms with E-state index in [1.54, 1.807) is 12.1 Å². The third-order valence-electron chi connectivity index (χ3n) is 2.92. The fourth-order valence-electron chi connectivity index (χ4n) is 2.06. The number of benzene rings is 1. The zero-order valence-electron chi connectivity index (χ0n) is 12.1. The monoisotopic (exact) mass is 274 g/mol. The lowest BCUT2D eigenvalue weighted by atomic mass is 10.1. The van der Waals surface area contributed by atoms with Gasteiger partial charge < -0.3 is 0 Å². The van der Waals surface area contributed by atoms with Gasteiger partial charge in [-0.2, -0.15) is 5.26 Å². The third kappa shape index (κ3) is 5.39. The molecule has 0 aliphatic rings. The largest absolute Gasteiger partial charge is 0.298 e. The second-order valence-corrected chi connectivity index (χ2v) is 5.21. The number of nitrogens with two attached hydrogens (primary N) is 1. The second kappa shape index (κ2) is 8.31. The number of nitrogens with one attached hydrogen (secondary N) is 1.